The number of anilines is 2. The summed E-state index contributed by atoms with van der Waals surface area (Å²) in [4.78, 5) is 8.60. The lowest BCUT2D eigenvalue weighted by Crippen LogP contribution is -2.26. The number of benzene rings is 1. The minimum Gasteiger partial charge on any atom is -0.339 e. The van der Waals surface area contributed by atoms with E-state index in [4.69, 9.17) is 11.6 Å². The molecule has 0 fully saturated rings. The van der Waals surface area contributed by atoms with Crippen molar-refractivity contribution in [3.63, 3.8) is 0 Å². The third-order valence-electron chi connectivity index (χ3n) is 3.04. The lowest BCUT2D eigenvalue weighted by atomic mass is 10.1. The van der Waals surface area contributed by atoms with Crippen molar-refractivity contribution in [1.82, 2.24) is 15.3 Å². The zero-order valence-corrected chi connectivity index (χ0v) is 12.4. The number of para-hydroxylation sites is 1. The van der Waals surface area contributed by atoms with Gasteiger partial charge in [0.1, 0.15) is 5.82 Å². The van der Waals surface area contributed by atoms with E-state index in [1.807, 2.05) is 24.3 Å². The van der Waals surface area contributed by atoms with Gasteiger partial charge in [0.25, 0.3) is 0 Å². The minimum atomic E-state index is 0.275. The highest BCUT2D eigenvalue weighted by atomic mass is 79.9. The maximum atomic E-state index is 5.99. The fourth-order valence-electron chi connectivity index (χ4n) is 2.12. The van der Waals surface area contributed by atoms with Crippen molar-refractivity contribution in [2.45, 2.75) is 13.0 Å². The Kier molecular flexibility index (Phi) is 3.68. The van der Waals surface area contributed by atoms with Gasteiger partial charge in [0.2, 0.25) is 5.28 Å². The average Bonchev–Trinajstić information content (AvgIpc) is 2.41. The Morgan fingerprint density at radius 3 is 2.95 bits per heavy atom. The monoisotopic (exact) mass is 338 g/mol. The summed E-state index contributed by atoms with van der Waals surface area (Å²) in [6.07, 6.45) is 0.902. The van der Waals surface area contributed by atoms with Crippen LogP contribution in [0.1, 0.15) is 11.3 Å². The van der Waals surface area contributed by atoms with Gasteiger partial charge in [0.15, 0.2) is 0 Å². The van der Waals surface area contributed by atoms with Gasteiger partial charge in [-0.25, -0.2) is 9.97 Å². The fourth-order valence-corrected chi connectivity index (χ4v) is 2.69. The highest BCUT2D eigenvalue weighted by Crippen LogP contribution is 2.28. The van der Waals surface area contributed by atoms with E-state index in [9.17, 15) is 0 Å². The first kappa shape index (κ1) is 12.8. The molecule has 0 saturated heterocycles. The molecule has 0 amide bonds. The van der Waals surface area contributed by atoms with E-state index in [-0.39, 0.29) is 5.28 Å². The van der Waals surface area contributed by atoms with Crippen LogP contribution in [0.25, 0.3) is 0 Å². The molecule has 1 aliphatic rings. The van der Waals surface area contributed by atoms with Crippen molar-refractivity contribution in [1.29, 1.82) is 0 Å². The molecule has 0 atom stereocenters. The summed E-state index contributed by atoms with van der Waals surface area (Å²) >= 11 is 9.50. The van der Waals surface area contributed by atoms with Crippen LogP contribution in [0.3, 0.4) is 0 Å². The maximum Gasteiger partial charge on any atom is 0.224 e. The lowest BCUT2D eigenvalue weighted by molar-refractivity contribution is 0.625. The van der Waals surface area contributed by atoms with E-state index in [0.29, 0.717) is 0 Å². The van der Waals surface area contributed by atoms with Crippen LogP contribution in [0.2, 0.25) is 5.28 Å². The molecule has 1 aliphatic heterocycles. The minimum absolute atomic E-state index is 0.275. The molecule has 0 saturated carbocycles. The lowest BCUT2D eigenvalue weighted by Gasteiger charge is -2.20. The quantitative estimate of drug-likeness (QED) is 0.825. The molecule has 0 unspecified atom stereocenters. The summed E-state index contributed by atoms with van der Waals surface area (Å²) in [5.74, 6) is 0.795. The number of hydrogen-bond acceptors (Lipinski definition) is 4. The van der Waals surface area contributed by atoms with Gasteiger partial charge in [-0.15, -0.1) is 0 Å². The Morgan fingerprint density at radius 1 is 1.26 bits per heavy atom. The van der Waals surface area contributed by atoms with Crippen LogP contribution in [0, 0.1) is 0 Å². The van der Waals surface area contributed by atoms with Gasteiger partial charge in [0, 0.05) is 16.6 Å². The Hall–Kier alpha value is -1.17. The summed E-state index contributed by atoms with van der Waals surface area (Å²) < 4.78 is 0.993. The molecule has 2 N–H and O–H groups in total. The smallest absolute Gasteiger partial charge is 0.224 e. The number of fused-ring (bicyclic) bond motifs is 1. The van der Waals surface area contributed by atoms with E-state index < -0.39 is 0 Å². The molecule has 2 aromatic rings. The third-order valence-corrected chi connectivity index (χ3v) is 3.90. The summed E-state index contributed by atoms with van der Waals surface area (Å²) in [6, 6.07) is 7.93. The predicted molar refractivity (Wildman–Crippen MR) is 79.9 cm³/mol. The summed E-state index contributed by atoms with van der Waals surface area (Å²) in [5.41, 5.74) is 3.08. The predicted octanol–water partition coefficient (Wildman–Crippen LogP) is 3.28. The van der Waals surface area contributed by atoms with Gasteiger partial charge in [-0.1, -0.05) is 12.1 Å². The van der Waals surface area contributed by atoms with E-state index in [1.165, 1.54) is 0 Å². The molecule has 4 nitrogen and oxygen atoms in total. The number of nitrogens with zero attached hydrogens (tertiary/aromatic N) is 2. The van der Waals surface area contributed by atoms with Crippen LogP contribution in [-0.4, -0.2) is 16.5 Å². The van der Waals surface area contributed by atoms with E-state index in [2.05, 4.69) is 36.5 Å². The zero-order valence-electron chi connectivity index (χ0n) is 10.1. The highest BCUT2D eigenvalue weighted by molar-refractivity contribution is 9.10. The Morgan fingerprint density at radius 2 is 2.11 bits per heavy atom. The summed E-state index contributed by atoms with van der Waals surface area (Å²) in [6.45, 7) is 1.67. The number of hydrogen-bond donors (Lipinski definition) is 2. The molecule has 19 heavy (non-hydrogen) atoms. The van der Waals surface area contributed by atoms with Crippen molar-refractivity contribution in [2.24, 2.45) is 0 Å². The van der Waals surface area contributed by atoms with Crippen molar-refractivity contribution in [3.8, 4) is 0 Å². The van der Waals surface area contributed by atoms with Crippen LogP contribution in [-0.2, 0) is 13.0 Å². The molecular formula is C13H12BrClN4. The molecule has 0 aliphatic carbocycles. The summed E-state index contributed by atoms with van der Waals surface area (Å²) in [7, 11) is 0. The average molecular weight is 340 g/mol. The molecule has 98 valence electrons. The largest absolute Gasteiger partial charge is 0.339 e. The second kappa shape index (κ2) is 5.45. The standard InChI is InChI=1S/C13H12BrClN4/c14-9-3-1-2-4-10(9)17-12-8-5-6-16-7-11(8)18-13(15)19-12/h1-4,16H,5-7H2,(H,17,18,19). The molecule has 1 aromatic carbocycles. The first-order valence-electron chi connectivity index (χ1n) is 6.01. The van der Waals surface area contributed by atoms with Crippen LogP contribution >= 0.6 is 27.5 Å². The van der Waals surface area contributed by atoms with Gasteiger partial charge in [0.05, 0.1) is 11.4 Å². The Bertz CT molecular complexity index is 618. The van der Waals surface area contributed by atoms with Gasteiger partial charge in [-0.3, -0.25) is 0 Å². The number of rotatable bonds is 2. The van der Waals surface area contributed by atoms with Gasteiger partial charge >= 0.3 is 0 Å². The number of nitrogens with one attached hydrogen (secondary N) is 2. The van der Waals surface area contributed by atoms with Gasteiger partial charge < -0.3 is 10.6 Å². The molecular weight excluding hydrogens is 328 g/mol. The first-order chi connectivity index (χ1) is 9.24. The molecule has 0 bridgehead atoms. The van der Waals surface area contributed by atoms with Crippen LogP contribution in [0.4, 0.5) is 11.5 Å². The van der Waals surface area contributed by atoms with Crippen LogP contribution in [0.5, 0.6) is 0 Å². The summed E-state index contributed by atoms with van der Waals surface area (Å²) in [5, 5.41) is 6.89. The second-order valence-corrected chi connectivity index (χ2v) is 5.49. The Balaban J connectivity index is 2.01. The Labute approximate surface area is 124 Å². The van der Waals surface area contributed by atoms with Gasteiger partial charge in [-0.05, 0) is 52.6 Å². The molecule has 3 rings (SSSR count). The third kappa shape index (κ3) is 2.73. The van der Waals surface area contributed by atoms with Crippen molar-refractivity contribution in [2.75, 3.05) is 11.9 Å². The molecule has 0 spiro atoms. The maximum absolute atomic E-state index is 5.99. The first-order valence-corrected chi connectivity index (χ1v) is 7.18. The fraction of sp³-hybridized carbons (Fsp3) is 0.231. The van der Waals surface area contributed by atoms with Crippen molar-refractivity contribution >= 4 is 39.0 Å². The van der Waals surface area contributed by atoms with E-state index in [0.717, 1.165) is 46.7 Å². The van der Waals surface area contributed by atoms with Crippen LogP contribution < -0.4 is 10.6 Å². The molecule has 2 heterocycles. The number of halogens is 2. The van der Waals surface area contributed by atoms with E-state index in [1.54, 1.807) is 0 Å². The topological polar surface area (TPSA) is 49.8 Å². The zero-order chi connectivity index (χ0) is 13.2. The van der Waals surface area contributed by atoms with Crippen molar-refractivity contribution in [3.05, 3.63) is 45.3 Å². The SMILES string of the molecule is Clc1nc2c(c(Nc3ccccc3Br)n1)CCNC2. The second-order valence-electron chi connectivity index (χ2n) is 4.30. The van der Waals surface area contributed by atoms with E-state index >= 15 is 0 Å². The van der Waals surface area contributed by atoms with Crippen molar-refractivity contribution < 1.29 is 0 Å². The normalized spacial score (nSPS) is 14.0. The van der Waals surface area contributed by atoms with Gasteiger partial charge in [-0.2, -0.15) is 0 Å². The number of aromatic nitrogens is 2. The van der Waals surface area contributed by atoms with Crippen LogP contribution in [0.15, 0.2) is 28.7 Å². The molecule has 1 aromatic heterocycles. The highest BCUT2D eigenvalue weighted by Gasteiger charge is 2.17. The molecule has 0 radical (unpaired) electrons. The molecule has 6 heteroatoms.